The van der Waals surface area contributed by atoms with Gasteiger partial charge in [-0.15, -0.1) is 0 Å². The molecule has 3 N–H and O–H groups in total. The van der Waals surface area contributed by atoms with Gasteiger partial charge in [0.25, 0.3) is 5.56 Å². The summed E-state index contributed by atoms with van der Waals surface area (Å²) in [5.41, 5.74) is 3.44. The van der Waals surface area contributed by atoms with E-state index < -0.39 is 5.69 Å². The van der Waals surface area contributed by atoms with Crippen LogP contribution in [0.2, 0.25) is 0 Å². The van der Waals surface area contributed by atoms with Crippen LogP contribution in [0, 0.1) is 0 Å². The summed E-state index contributed by atoms with van der Waals surface area (Å²) < 4.78 is 1.53. The van der Waals surface area contributed by atoms with E-state index in [1.807, 2.05) is 74.6 Å². The van der Waals surface area contributed by atoms with Crippen molar-refractivity contribution in [3.63, 3.8) is 0 Å². The molecule has 2 heterocycles. The number of aromatic nitrogens is 2. The molecule has 1 aliphatic rings. The Morgan fingerprint density at radius 3 is 2.29 bits per heavy atom. The summed E-state index contributed by atoms with van der Waals surface area (Å²) in [7, 11) is 1.88. The minimum Gasteiger partial charge on any atom is -0.345 e. The molecule has 0 aliphatic carbocycles. The van der Waals surface area contributed by atoms with Crippen molar-refractivity contribution in [2.45, 2.75) is 12.8 Å². The van der Waals surface area contributed by atoms with Gasteiger partial charge in [0, 0.05) is 18.2 Å². The van der Waals surface area contributed by atoms with Gasteiger partial charge in [0.2, 0.25) is 0 Å². The molecule has 4 rings (SSSR count). The topological polar surface area (TPSA) is 78.9 Å². The molecule has 6 heteroatoms. The largest absolute Gasteiger partial charge is 0.345 e. The van der Waals surface area contributed by atoms with Crippen LogP contribution in [-0.2, 0) is 0 Å². The normalized spacial score (nSPS) is 15.9. The molecule has 0 amide bonds. The van der Waals surface area contributed by atoms with Crippen molar-refractivity contribution in [1.82, 2.24) is 14.9 Å². The highest BCUT2D eigenvalue weighted by Crippen LogP contribution is 2.39. The first-order valence-corrected chi connectivity index (χ1v) is 9.22. The first kappa shape index (κ1) is 18.0. The molecule has 1 aromatic heterocycles. The lowest BCUT2D eigenvalue weighted by atomic mass is 9.82. The van der Waals surface area contributed by atoms with Crippen LogP contribution >= 0.6 is 0 Å². The van der Waals surface area contributed by atoms with Gasteiger partial charge in [-0.05, 0) is 37.2 Å². The van der Waals surface area contributed by atoms with Gasteiger partial charge in [-0.25, -0.2) is 9.36 Å². The molecule has 6 nitrogen and oxygen atoms in total. The van der Waals surface area contributed by atoms with Crippen LogP contribution < -0.4 is 21.9 Å². The zero-order valence-electron chi connectivity index (χ0n) is 15.8. The summed E-state index contributed by atoms with van der Waals surface area (Å²) in [6, 6.07) is 19.2. The van der Waals surface area contributed by atoms with Gasteiger partial charge >= 0.3 is 5.69 Å². The van der Waals surface area contributed by atoms with E-state index in [0.717, 1.165) is 16.8 Å². The second-order valence-corrected chi connectivity index (χ2v) is 6.84. The van der Waals surface area contributed by atoms with Crippen LogP contribution in [0.3, 0.4) is 0 Å². The predicted molar refractivity (Wildman–Crippen MR) is 111 cm³/mol. The van der Waals surface area contributed by atoms with E-state index in [-0.39, 0.29) is 11.5 Å². The highest BCUT2D eigenvalue weighted by molar-refractivity contribution is 5.64. The Balaban J connectivity index is 2.05. The molecule has 0 saturated heterocycles. The molecular formula is C22H22N4O2. The fraction of sp³-hybridized carbons (Fsp3) is 0.182. The van der Waals surface area contributed by atoms with Gasteiger partial charge in [0.05, 0.1) is 11.3 Å². The number of para-hydroxylation sites is 1. The quantitative estimate of drug-likeness (QED) is 0.656. The standard InChI is InChI=1S/C22H22N4O2/c1-14-17(13-23-2)18(15-9-5-3-6-10-15)19-20(24-14)26(22(28)25-21(19)27)16-11-7-4-8-12-16/h3-12,18,23-24H,13H2,1-2H3,(H,25,27,28). The van der Waals surface area contributed by atoms with E-state index in [9.17, 15) is 9.59 Å². The van der Waals surface area contributed by atoms with E-state index in [1.54, 1.807) is 0 Å². The first-order valence-electron chi connectivity index (χ1n) is 9.22. The van der Waals surface area contributed by atoms with E-state index in [0.29, 0.717) is 23.6 Å². The van der Waals surface area contributed by atoms with Crippen LogP contribution in [-0.4, -0.2) is 23.1 Å². The van der Waals surface area contributed by atoms with Crippen molar-refractivity contribution in [3.8, 4) is 5.69 Å². The number of aromatic amines is 1. The molecular weight excluding hydrogens is 352 g/mol. The zero-order chi connectivity index (χ0) is 19.7. The van der Waals surface area contributed by atoms with E-state index in [1.165, 1.54) is 4.57 Å². The number of rotatable bonds is 4. The highest BCUT2D eigenvalue weighted by atomic mass is 16.2. The third-order valence-electron chi connectivity index (χ3n) is 5.09. The fourth-order valence-corrected chi connectivity index (χ4v) is 3.85. The van der Waals surface area contributed by atoms with Gasteiger partial charge in [-0.3, -0.25) is 9.78 Å². The maximum atomic E-state index is 13.0. The molecule has 1 aliphatic heterocycles. The number of H-pyrrole nitrogens is 1. The Kier molecular flexibility index (Phi) is 4.71. The van der Waals surface area contributed by atoms with E-state index in [2.05, 4.69) is 15.6 Å². The van der Waals surface area contributed by atoms with Gasteiger partial charge < -0.3 is 10.6 Å². The Hall–Kier alpha value is -3.38. The molecule has 1 atom stereocenters. The molecule has 142 valence electrons. The Morgan fingerprint density at radius 1 is 1.00 bits per heavy atom. The second kappa shape index (κ2) is 7.32. The number of nitrogens with one attached hydrogen (secondary N) is 3. The van der Waals surface area contributed by atoms with Crippen molar-refractivity contribution in [3.05, 3.63) is 104 Å². The lowest BCUT2D eigenvalue weighted by Crippen LogP contribution is -2.38. The van der Waals surface area contributed by atoms with Crippen molar-refractivity contribution in [1.29, 1.82) is 0 Å². The van der Waals surface area contributed by atoms with Gasteiger partial charge in [0.15, 0.2) is 0 Å². The molecule has 0 spiro atoms. The smallest absolute Gasteiger partial charge is 0.334 e. The maximum absolute atomic E-state index is 13.0. The molecule has 0 saturated carbocycles. The minimum atomic E-state index is -0.459. The first-order chi connectivity index (χ1) is 13.6. The lowest BCUT2D eigenvalue weighted by Gasteiger charge is -2.32. The van der Waals surface area contributed by atoms with Gasteiger partial charge in [-0.2, -0.15) is 0 Å². The predicted octanol–water partition coefficient (Wildman–Crippen LogP) is 2.58. The summed E-state index contributed by atoms with van der Waals surface area (Å²) in [5, 5.41) is 6.52. The molecule has 0 fully saturated rings. The second-order valence-electron chi connectivity index (χ2n) is 6.84. The molecule has 0 bridgehead atoms. The van der Waals surface area contributed by atoms with Crippen molar-refractivity contribution in [2.75, 3.05) is 18.9 Å². The van der Waals surface area contributed by atoms with Crippen LogP contribution in [0.1, 0.15) is 24.0 Å². The molecule has 2 aromatic carbocycles. The summed E-state index contributed by atoms with van der Waals surface area (Å²) in [6.07, 6.45) is 0. The monoisotopic (exact) mass is 374 g/mol. The van der Waals surface area contributed by atoms with Crippen molar-refractivity contribution < 1.29 is 0 Å². The highest BCUT2D eigenvalue weighted by Gasteiger charge is 2.32. The average Bonchev–Trinajstić information content (AvgIpc) is 2.70. The fourth-order valence-electron chi connectivity index (χ4n) is 3.85. The summed E-state index contributed by atoms with van der Waals surface area (Å²) in [5.74, 6) is 0.273. The average molecular weight is 374 g/mol. The number of fused-ring (bicyclic) bond motifs is 1. The van der Waals surface area contributed by atoms with Gasteiger partial charge in [0.1, 0.15) is 5.82 Å². The van der Waals surface area contributed by atoms with Gasteiger partial charge in [-0.1, -0.05) is 48.5 Å². The Morgan fingerprint density at radius 2 is 1.64 bits per heavy atom. The zero-order valence-corrected chi connectivity index (χ0v) is 15.8. The number of benzene rings is 2. The Bertz CT molecular complexity index is 1140. The number of likely N-dealkylation sites (N-methyl/N-ethyl adjacent to an activating group) is 1. The maximum Gasteiger partial charge on any atom is 0.334 e. The number of nitrogens with zero attached hydrogens (tertiary/aromatic N) is 1. The van der Waals surface area contributed by atoms with Crippen molar-refractivity contribution in [2.24, 2.45) is 0 Å². The molecule has 1 unspecified atom stereocenters. The van der Waals surface area contributed by atoms with Crippen LogP contribution in [0.15, 0.2) is 81.5 Å². The molecule has 28 heavy (non-hydrogen) atoms. The lowest BCUT2D eigenvalue weighted by molar-refractivity contribution is 0.751. The molecule has 0 radical (unpaired) electrons. The van der Waals surface area contributed by atoms with Crippen LogP contribution in [0.5, 0.6) is 0 Å². The summed E-state index contributed by atoms with van der Waals surface area (Å²) in [4.78, 5) is 28.2. The number of hydrogen-bond donors (Lipinski definition) is 3. The minimum absolute atomic E-state index is 0.246. The molecule has 3 aromatic rings. The van der Waals surface area contributed by atoms with Crippen LogP contribution in [0.4, 0.5) is 5.82 Å². The number of allylic oxidation sites excluding steroid dienone is 1. The number of hydrogen-bond acceptors (Lipinski definition) is 4. The summed E-state index contributed by atoms with van der Waals surface area (Å²) in [6.45, 7) is 2.61. The third-order valence-corrected chi connectivity index (χ3v) is 5.09. The van der Waals surface area contributed by atoms with Crippen LogP contribution in [0.25, 0.3) is 5.69 Å². The van der Waals surface area contributed by atoms with Crippen molar-refractivity contribution >= 4 is 5.82 Å². The van der Waals surface area contributed by atoms with E-state index >= 15 is 0 Å². The Labute approximate surface area is 162 Å². The summed E-state index contributed by atoms with van der Waals surface area (Å²) >= 11 is 0. The number of anilines is 1. The third kappa shape index (κ3) is 2.97. The SMILES string of the molecule is CNCC1=C(C)Nc2c(c(=O)[nH]c(=O)n2-c2ccccc2)C1c1ccccc1. The van der Waals surface area contributed by atoms with E-state index in [4.69, 9.17) is 0 Å².